The Bertz CT molecular complexity index is 956. The molecule has 0 spiro atoms. The highest BCUT2D eigenvalue weighted by atomic mass is 16.6. The van der Waals surface area contributed by atoms with E-state index in [2.05, 4.69) is 9.97 Å². The SMILES string of the molecule is CCC(C(=N)C(=O)OC(C)(C)C)c1ncc(C2CCN(C(=O)OCc3ccccc3)CC2)[nH]1. The summed E-state index contributed by atoms with van der Waals surface area (Å²) in [6.07, 6.45) is 3.65. The van der Waals surface area contributed by atoms with Gasteiger partial charge < -0.3 is 19.4 Å². The lowest BCUT2D eigenvalue weighted by molar-refractivity contribution is -0.146. The van der Waals surface area contributed by atoms with Gasteiger partial charge in [0, 0.05) is 30.9 Å². The molecule has 0 bridgehead atoms. The molecule has 33 heavy (non-hydrogen) atoms. The number of likely N-dealkylation sites (tertiary alicyclic amines) is 1. The van der Waals surface area contributed by atoms with E-state index >= 15 is 0 Å². The first-order valence-corrected chi connectivity index (χ1v) is 11.5. The summed E-state index contributed by atoms with van der Waals surface area (Å²) < 4.78 is 10.8. The van der Waals surface area contributed by atoms with Gasteiger partial charge in [0.1, 0.15) is 23.7 Å². The van der Waals surface area contributed by atoms with Gasteiger partial charge in [0.2, 0.25) is 0 Å². The number of aromatic amines is 1. The van der Waals surface area contributed by atoms with Gasteiger partial charge in [-0.3, -0.25) is 5.41 Å². The minimum absolute atomic E-state index is 0.0932. The van der Waals surface area contributed by atoms with Crippen LogP contribution in [0.1, 0.15) is 75.9 Å². The lowest BCUT2D eigenvalue weighted by atomic mass is 9.94. The predicted molar refractivity (Wildman–Crippen MR) is 125 cm³/mol. The minimum atomic E-state index is -0.647. The maximum Gasteiger partial charge on any atom is 0.410 e. The zero-order valence-corrected chi connectivity index (χ0v) is 19.9. The number of nitrogens with zero attached hydrogens (tertiary/aromatic N) is 2. The highest BCUT2D eigenvalue weighted by Gasteiger charge is 2.30. The van der Waals surface area contributed by atoms with Gasteiger partial charge in [-0.25, -0.2) is 14.6 Å². The fourth-order valence-corrected chi connectivity index (χ4v) is 3.93. The van der Waals surface area contributed by atoms with Crippen LogP contribution >= 0.6 is 0 Å². The zero-order chi connectivity index (χ0) is 24.0. The largest absolute Gasteiger partial charge is 0.455 e. The summed E-state index contributed by atoms with van der Waals surface area (Å²) in [6.45, 7) is 8.77. The number of imidazole rings is 1. The molecule has 1 atom stereocenters. The molecule has 1 aliphatic rings. The van der Waals surface area contributed by atoms with Crippen molar-refractivity contribution in [3.63, 3.8) is 0 Å². The van der Waals surface area contributed by atoms with Gasteiger partial charge in [-0.05, 0) is 45.6 Å². The Labute approximate surface area is 195 Å². The first-order valence-electron chi connectivity index (χ1n) is 11.5. The van der Waals surface area contributed by atoms with Gasteiger partial charge in [0.15, 0.2) is 0 Å². The average molecular weight is 455 g/mol. The highest BCUT2D eigenvalue weighted by molar-refractivity contribution is 6.37. The Morgan fingerprint density at radius 1 is 1.21 bits per heavy atom. The Morgan fingerprint density at radius 3 is 2.48 bits per heavy atom. The molecule has 1 aromatic heterocycles. The van der Waals surface area contributed by atoms with Gasteiger partial charge >= 0.3 is 12.1 Å². The molecule has 1 unspecified atom stereocenters. The molecule has 1 saturated heterocycles. The standard InChI is InChI=1S/C25H34N4O4/c1-5-19(21(26)23(30)33-25(2,3)4)22-27-15-20(28-22)18-11-13-29(14-12-18)24(31)32-16-17-9-7-6-8-10-17/h6-10,15,18-19,26H,5,11-14,16H2,1-4H3,(H,27,28). The maximum atomic E-state index is 12.4. The normalized spacial score (nSPS) is 15.7. The van der Waals surface area contributed by atoms with Crippen molar-refractivity contribution in [1.82, 2.24) is 14.9 Å². The van der Waals surface area contributed by atoms with Crippen LogP contribution in [0.2, 0.25) is 0 Å². The number of ether oxygens (including phenoxy) is 2. The van der Waals surface area contributed by atoms with E-state index in [0.717, 1.165) is 24.1 Å². The van der Waals surface area contributed by atoms with Crippen molar-refractivity contribution in [3.8, 4) is 0 Å². The highest BCUT2D eigenvalue weighted by Crippen LogP contribution is 2.29. The van der Waals surface area contributed by atoms with E-state index < -0.39 is 17.5 Å². The molecule has 0 aliphatic carbocycles. The van der Waals surface area contributed by atoms with Crippen molar-refractivity contribution in [2.45, 2.75) is 71.0 Å². The Hall–Kier alpha value is -3.16. The number of rotatable bonds is 7. The number of hydrogen-bond acceptors (Lipinski definition) is 6. The number of aromatic nitrogens is 2. The molecular formula is C25H34N4O4. The molecule has 1 fully saturated rings. The second kappa shape index (κ2) is 10.6. The molecule has 1 aromatic carbocycles. The Morgan fingerprint density at radius 2 is 1.88 bits per heavy atom. The van der Waals surface area contributed by atoms with Gasteiger partial charge in [-0.2, -0.15) is 0 Å². The van der Waals surface area contributed by atoms with Crippen LogP contribution in [0.4, 0.5) is 4.79 Å². The molecular weight excluding hydrogens is 420 g/mol. The third-order valence-corrected chi connectivity index (χ3v) is 5.72. The predicted octanol–water partition coefficient (Wildman–Crippen LogP) is 4.78. The van der Waals surface area contributed by atoms with Crippen LogP contribution < -0.4 is 0 Å². The number of benzene rings is 1. The molecule has 2 N–H and O–H groups in total. The summed E-state index contributed by atoms with van der Waals surface area (Å²) in [5.41, 5.74) is 1.20. The zero-order valence-electron chi connectivity index (χ0n) is 19.9. The van der Waals surface area contributed by atoms with E-state index in [-0.39, 0.29) is 24.3 Å². The summed E-state index contributed by atoms with van der Waals surface area (Å²) in [5.74, 6) is -0.220. The summed E-state index contributed by atoms with van der Waals surface area (Å²) in [4.78, 5) is 34.3. The third-order valence-electron chi connectivity index (χ3n) is 5.72. The van der Waals surface area contributed by atoms with Crippen molar-refractivity contribution in [2.75, 3.05) is 13.1 Å². The molecule has 0 radical (unpaired) electrons. The van der Waals surface area contributed by atoms with Gasteiger partial charge in [-0.1, -0.05) is 37.3 Å². The van der Waals surface area contributed by atoms with Crippen LogP contribution in [0.25, 0.3) is 0 Å². The molecule has 1 aliphatic heterocycles. The molecule has 1 amide bonds. The number of nitrogens with one attached hydrogen (secondary N) is 2. The van der Waals surface area contributed by atoms with Crippen molar-refractivity contribution < 1.29 is 19.1 Å². The number of carbonyl (C=O) groups excluding carboxylic acids is 2. The van der Waals surface area contributed by atoms with Crippen molar-refractivity contribution >= 4 is 17.8 Å². The number of piperidine rings is 1. The van der Waals surface area contributed by atoms with E-state index in [0.29, 0.717) is 25.3 Å². The third kappa shape index (κ3) is 6.66. The van der Waals surface area contributed by atoms with Gasteiger partial charge in [0.05, 0.1) is 5.92 Å². The molecule has 0 saturated carbocycles. The van der Waals surface area contributed by atoms with Gasteiger partial charge in [-0.15, -0.1) is 0 Å². The van der Waals surface area contributed by atoms with E-state index in [9.17, 15) is 9.59 Å². The number of H-pyrrole nitrogens is 1. The fourth-order valence-electron chi connectivity index (χ4n) is 3.93. The van der Waals surface area contributed by atoms with Crippen LogP contribution in [0.15, 0.2) is 36.5 Å². The van der Waals surface area contributed by atoms with E-state index in [1.54, 1.807) is 31.9 Å². The van der Waals surface area contributed by atoms with Crippen LogP contribution in [-0.2, 0) is 20.9 Å². The lowest BCUT2D eigenvalue weighted by Crippen LogP contribution is -2.38. The first-order chi connectivity index (χ1) is 15.7. The van der Waals surface area contributed by atoms with Crippen molar-refractivity contribution in [1.29, 1.82) is 5.41 Å². The molecule has 2 aromatic rings. The summed E-state index contributed by atoms with van der Waals surface area (Å²) >= 11 is 0. The summed E-state index contributed by atoms with van der Waals surface area (Å²) in [7, 11) is 0. The van der Waals surface area contributed by atoms with Crippen LogP contribution in [-0.4, -0.2) is 51.3 Å². The fraction of sp³-hybridized carbons (Fsp3) is 0.520. The molecule has 8 heteroatoms. The molecule has 2 heterocycles. The molecule has 178 valence electrons. The summed E-state index contributed by atoms with van der Waals surface area (Å²) in [5, 5.41) is 8.31. The minimum Gasteiger partial charge on any atom is -0.455 e. The summed E-state index contributed by atoms with van der Waals surface area (Å²) in [6, 6.07) is 9.64. The Balaban J connectivity index is 1.54. The number of carbonyl (C=O) groups is 2. The topological polar surface area (TPSA) is 108 Å². The van der Waals surface area contributed by atoms with Crippen molar-refractivity contribution in [2.24, 2.45) is 0 Å². The second-order valence-electron chi connectivity index (χ2n) is 9.40. The van der Waals surface area contributed by atoms with E-state index in [4.69, 9.17) is 14.9 Å². The van der Waals surface area contributed by atoms with Crippen LogP contribution in [0.5, 0.6) is 0 Å². The van der Waals surface area contributed by atoms with Crippen LogP contribution in [0, 0.1) is 5.41 Å². The second-order valence-corrected chi connectivity index (χ2v) is 9.40. The van der Waals surface area contributed by atoms with Crippen LogP contribution in [0.3, 0.4) is 0 Å². The average Bonchev–Trinajstić information content (AvgIpc) is 3.27. The van der Waals surface area contributed by atoms with E-state index in [1.807, 2.05) is 37.3 Å². The maximum absolute atomic E-state index is 12.4. The van der Waals surface area contributed by atoms with Gasteiger partial charge in [0.25, 0.3) is 0 Å². The van der Waals surface area contributed by atoms with E-state index in [1.165, 1.54) is 0 Å². The smallest absolute Gasteiger partial charge is 0.410 e. The number of hydrogen-bond donors (Lipinski definition) is 2. The quantitative estimate of drug-likeness (QED) is 0.462. The molecule has 3 rings (SSSR count). The molecule has 8 nitrogen and oxygen atoms in total. The number of esters is 1. The first kappa shape index (κ1) is 24.5. The number of amides is 1. The van der Waals surface area contributed by atoms with Crippen molar-refractivity contribution in [3.05, 3.63) is 53.6 Å². The lowest BCUT2D eigenvalue weighted by Gasteiger charge is -2.30. The Kier molecular flexibility index (Phi) is 7.89. The monoisotopic (exact) mass is 454 g/mol.